The molecule has 1 unspecified atom stereocenters. The molecule has 1 aromatic carbocycles. The van der Waals surface area contributed by atoms with Crippen molar-refractivity contribution in [3.8, 4) is 11.5 Å². The van der Waals surface area contributed by atoms with E-state index in [1.165, 1.54) is 6.07 Å². The first-order chi connectivity index (χ1) is 8.40. The van der Waals surface area contributed by atoms with Crippen molar-refractivity contribution in [3.63, 3.8) is 0 Å². The second-order valence-corrected chi connectivity index (χ2v) is 5.19. The van der Waals surface area contributed by atoms with Crippen LogP contribution in [-0.2, 0) is 0 Å². The van der Waals surface area contributed by atoms with E-state index in [0.717, 1.165) is 12.1 Å². The molecule has 1 aromatic rings. The molecule has 0 saturated heterocycles. The van der Waals surface area contributed by atoms with E-state index in [-0.39, 0.29) is 17.5 Å². The zero-order valence-electron chi connectivity index (χ0n) is 11.6. The molecule has 4 nitrogen and oxygen atoms in total. The van der Waals surface area contributed by atoms with Crippen molar-refractivity contribution >= 4 is 0 Å². The first kappa shape index (κ1) is 14.8. The second-order valence-electron chi connectivity index (χ2n) is 5.19. The van der Waals surface area contributed by atoms with Crippen LogP contribution in [0.2, 0.25) is 0 Å². The Morgan fingerprint density at radius 3 is 2.17 bits per heavy atom. The van der Waals surface area contributed by atoms with Crippen LogP contribution >= 0.6 is 0 Å². The van der Waals surface area contributed by atoms with Crippen molar-refractivity contribution < 1.29 is 10.2 Å². The number of phenolic OH excluding ortho intramolecular Hbond substituents is 2. The fraction of sp³-hybridized carbons (Fsp3) is 0.571. The third-order valence-electron chi connectivity index (χ3n) is 2.67. The Hall–Kier alpha value is -1.26. The summed E-state index contributed by atoms with van der Waals surface area (Å²) in [6.07, 6.45) is 0. The summed E-state index contributed by atoms with van der Waals surface area (Å²) < 4.78 is 0. The van der Waals surface area contributed by atoms with E-state index in [1.807, 2.05) is 6.07 Å². The summed E-state index contributed by atoms with van der Waals surface area (Å²) in [7, 11) is 0. The van der Waals surface area contributed by atoms with Gasteiger partial charge in [-0.1, -0.05) is 33.8 Å². The Bertz CT molecular complexity index is 378. The molecule has 0 aliphatic carbocycles. The maximum absolute atomic E-state index is 9.56. The maximum Gasteiger partial charge on any atom is 0.157 e. The predicted octanol–water partition coefficient (Wildman–Crippen LogP) is 2.13. The highest BCUT2D eigenvalue weighted by atomic mass is 16.3. The summed E-state index contributed by atoms with van der Waals surface area (Å²) in [6, 6.07) is 5.83. The molecule has 0 saturated carbocycles. The SMILES string of the molecule is CC(C)NCC(NC(C)C)c1ccc(O)c(O)c1. The molecule has 1 atom stereocenters. The lowest BCUT2D eigenvalue weighted by molar-refractivity contribution is 0.398. The second kappa shape index (κ2) is 6.61. The van der Waals surface area contributed by atoms with Gasteiger partial charge in [0.25, 0.3) is 0 Å². The molecule has 0 heterocycles. The predicted molar refractivity (Wildman–Crippen MR) is 73.9 cm³/mol. The summed E-state index contributed by atoms with van der Waals surface area (Å²) in [5, 5.41) is 25.7. The molecule has 4 heteroatoms. The van der Waals surface area contributed by atoms with E-state index in [4.69, 9.17) is 0 Å². The van der Waals surface area contributed by atoms with Gasteiger partial charge < -0.3 is 20.8 Å². The van der Waals surface area contributed by atoms with Gasteiger partial charge in [-0.05, 0) is 17.7 Å². The van der Waals surface area contributed by atoms with Gasteiger partial charge in [-0.15, -0.1) is 0 Å². The Kier molecular flexibility index (Phi) is 5.44. The molecule has 0 aliphatic heterocycles. The maximum atomic E-state index is 9.56. The molecule has 4 N–H and O–H groups in total. The van der Waals surface area contributed by atoms with E-state index < -0.39 is 0 Å². The topological polar surface area (TPSA) is 64.5 Å². The highest BCUT2D eigenvalue weighted by Crippen LogP contribution is 2.27. The van der Waals surface area contributed by atoms with Crippen LogP contribution in [0, 0.1) is 0 Å². The molecule has 0 radical (unpaired) electrons. The number of rotatable bonds is 6. The minimum absolute atomic E-state index is 0.0763. The van der Waals surface area contributed by atoms with Gasteiger partial charge in [0.1, 0.15) is 0 Å². The van der Waals surface area contributed by atoms with Gasteiger partial charge in [0.05, 0.1) is 0 Å². The average Bonchev–Trinajstić information content (AvgIpc) is 2.27. The fourth-order valence-electron chi connectivity index (χ4n) is 1.79. The van der Waals surface area contributed by atoms with Crippen LogP contribution in [0.15, 0.2) is 18.2 Å². The largest absolute Gasteiger partial charge is 0.504 e. The van der Waals surface area contributed by atoms with Gasteiger partial charge in [0, 0.05) is 24.7 Å². The molecule has 0 spiro atoms. The number of nitrogens with one attached hydrogen (secondary N) is 2. The molecule has 102 valence electrons. The summed E-state index contributed by atoms with van der Waals surface area (Å²) in [4.78, 5) is 0. The smallest absolute Gasteiger partial charge is 0.157 e. The number of phenols is 2. The fourth-order valence-corrected chi connectivity index (χ4v) is 1.79. The van der Waals surface area contributed by atoms with Gasteiger partial charge in [-0.3, -0.25) is 0 Å². The van der Waals surface area contributed by atoms with Crippen molar-refractivity contribution in [2.45, 2.75) is 45.8 Å². The van der Waals surface area contributed by atoms with Crippen LogP contribution in [0.3, 0.4) is 0 Å². The highest BCUT2D eigenvalue weighted by Gasteiger charge is 2.14. The van der Waals surface area contributed by atoms with Crippen molar-refractivity contribution in [1.29, 1.82) is 0 Å². The van der Waals surface area contributed by atoms with E-state index in [1.54, 1.807) is 6.07 Å². The summed E-state index contributed by atoms with van der Waals surface area (Å²) >= 11 is 0. The first-order valence-electron chi connectivity index (χ1n) is 6.41. The first-order valence-corrected chi connectivity index (χ1v) is 6.41. The minimum Gasteiger partial charge on any atom is -0.504 e. The Morgan fingerprint density at radius 2 is 1.67 bits per heavy atom. The van der Waals surface area contributed by atoms with Crippen LogP contribution in [-0.4, -0.2) is 28.8 Å². The van der Waals surface area contributed by atoms with E-state index in [9.17, 15) is 10.2 Å². The highest BCUT2D eigenvalue weighted by molar-refractivity contribution is 5.41. The average molecular weight is 252 g/mol. The van der Waals surface area contributed by atoms with Crippen LogP contribution in [0.25, 0.3) is 0 Å². The summed E-state index contributed by atoms with van der Waals surface area (Å²) in [6.45, 7) is 9.15. The van der Waals surface area contributed by atoms with Crippen LogP contribution in [0.5, 0.6) is 11.5 Å². The van der Waals surface area contributed by atoms with E-state index >= 15 is 0 Å². The summed E-state index contributed by atoms with van der Waals surface area (Å²) in [5.74, 6) is -0.161. The van der Waals surface area contributed by atoms with Crippen molar-refractivity contribution in [1.82, 2.24) is 10.6 Å². The number of hydrogen-bond acceptors (Lipinski definition) is 4. The molecular formula is C14H24N2O2. The summed E-state index contributed by atoms with van der Waals surface area (Å²) in [5.41, 5.74) is 0.965. The normalized spacial score (nSPS) is 13.2. The standard InChI is InChI=1S/C14H24N2O2/c1-9(2)15-8-12(16-10(3)4)11-5-6-13(17)14(18)7-11/h5-7,9-10,12,15-18H,8H2,1-4H3. The van der Waals surface area contributed by atoms with Gasteiger partial charge >= 0.3 is 0 Å². The molecule has 0 fully saturated rings. The Balaban J connectivity index is 2.83. The zero-order valence-corrected chi connectivity index (χ0v) is 11.6. The van der Waals surface area contributed by atoms with Crippen LogP contribution in [0.4, 0.5) is 0 Å². The molecule has 0 bridgehead atoms. The van der Waals surface area contributed by atoms with Crippen LogP contribution in [0.1, 0.15) is 39.3 Å². The lowest BCUT2D eigenvalue weighted by Crippen LogP contribution is -2.37. The lowest BCUT2D eigenvalue weighted by Gasteiger charge is -2.23. The van der Waals surface area contributed by atoms with Gasteiger partial charge in [0.15, 0.2) is 11.5 Å². The molecule has 0 aromatic heterocycles. The van der Waals surface area contributed by atoms with Gasteiger partial charge in [0.2, 0.25) is 0 Å². The molecular weight excluding hydrogens is 228 g/mol. The third-order valence-corrected chi connectivity index (χ3v) is 2.67. The molecule has 1 rings (SSSR count). The van der Waals surface area contributed by atoms with E-state index in [2.05, 4.69) is 38.3 Å². The molecule has 18 heavy (non-hydrogen) atoms. The number of aromatic hydroxyl groups is 2. The monoisotopic (exact) mass is 252 g/mol. The van der Waals surface area contributed by atoms with Crippen LogP contribution < -0.4 is 10.6 Å². The molecule has 0 amide bonds. The number of benzene rings is 1. The zero-order chi connectivity index (χ0) is 13.7. The molecule has 0 aliphatic rings. The van der Waals surface area contributed by atoms with Crippen molar-refractivity contribution in [2.75, 3.05) is 6.54 Å². The van der Waals surface area contributed by atoms with Gasteiger partial charge in [-0.25, -0.2) is 0 Å². The minimum atomic E-state index is -0.0844. The third kappa shape index (κ3) is 4.55. The van der Waals surface area contributed by atoms with Crippen molar-refractivity contribution in [3.05, 3.63) is 23.8 Å². The Morgan fingerprint density at radius 1 is 1.00 bits per heavy atom. The number of hydrogen-bond donors (Lipinski definition) is 4. The quantitative estimate of drug-likeness (QED) is 0.586. The van der Waals surface area contributed by atoms with Gasteiger partial charge in [-0.2, -0.15) is 0 Å². The van der Waals surface area contributed by atoms with Crippen molar-refractivity contribution in [2.24, 2.45) is 0 Å². The lowest BCUT2D eigenvalue weighted by atomic mass is 10.0. The Labute approximate surface area is 109 Å². The van der Waals surface area contributed by atoms with E-state index in [0.29, 0.717) is 12.1 Å².